The van der Waals surface area contributed by atoms with E-state index in [0.29, 0.717) is 16.3 Å². The number of carbonyl (C=O) groups excluding carboxylic acids is 2. The highest BCUT2D eigenvalue weighted by Gasteiger charge is 2.33. The quantitative estimate of drug-likeness (QED) is 0.311. The van der Waals surface area contributed by atoms with Crippen LogP contribution in [0.15, 0.2) is 77.7 Å². The van der Waals surface area contributed by atoms with Crippen molar-refractivity contribution in [1.82, 2.24) is 10.2 Å². The fraction of sp³-hybridized carbons (Fsp3) is 0.375. The first kappa shape index (κ1) is 30.6. The van der Waals surface area contributed by atoms with Crippen LogP contribution in [-0.2, 0) is 26.2 Å². The summed E-state index contributed by atoms with van der Waals surface area (Å²) in [4.78, 5) is 29.0. The largest absolute Gasteiger partial charge is 0.352 e. The van der Waals surface area contributed by atoms with Crippen LogP contribution in [0, 0.1) is 13.8 Å². The first-order chi connectivity index (χ1) is 19.6. The molecule has 7 nitrogen and oxygen atoms in total. The zero-order valence-corrected chi connectivity index (χ0v) is 25.4. The molecule has 1 aliphatic carbocycles. The van der Waals surface area contributed by atoms with Crippen molar-refractivity contribution < 1.29 is 18.0 Å². The lowest BCUT2D eigenvalue weighted by Gasteiger charge is -2.33. The fourth-order valence-electron chi connectivity index (χ4n) is 5.11. The molecule has 0 bridgehead atoms. The third-order valence-electron chi connectivity index (χ3n) is 7.59. The molecular formula is C32H38ClN3O4S. The van der Waals surface area contributed by atoms with Gasteiger partial charge in [-0.3, -0.25) is 13.9 Å². The molecule has 9 heteroatoms. The minimum Gasteiger partial charge on any atom is -0.352 e. The topological polar surface area (TPSA) is 86.8 Å². The predicted molar refractivity (Wildman–Crippen MR) is 163 cm³/mol. The molecule has 0 aromatic heterocycles. The maximum Gasteiger partial charge on any atom is 0.264 e. The van der Waals surface area contributed by atoms with E-state index in [0.717, 1.165) is 47.5 Å². The highest BCUT2D eigenvalue weighted by atomic mass is 35.5. The minimum atomic E-state index is -4.11. The fourth-order valence-corrected chi connectivity index (χ4v) is 6.71. The minimum absolute atomic E-state index is 0.0595. The third-order valence-corrected chi connectivity index (χ3v) is 9.75. The van der Waals surface area contributed by atoms with Gasteiger partial charge in [-0.05, 0) is 75.1 Å². The van der Waals surface area contributed by atoms with Crippen LogP contribution in [0.3, 0.4) is 0 Å². The molecule has 0 radical (unpaired) electrons. The van der Waals surface area contributed by atoms with E-state index in [1.54, 1.807) is 67.6 Å². The van der Waals surface area contributed by atoms with Crippen LogP contribution in [0.1, 0.15) is 55.7 Å². The second kappa shape index (κ2) is 13.5. The molecule has 0 unspecified atom stereocenters. The number of hydrogen-bond acceptors (Lipinski definition) is 4. The summed E-state index contributed by atoms with van der Waals surface area (Å²) in [5, 5.41) is 3.58. The standard InChI is InChI=1S/C32H38ClN3O4S/c1-23-16-18-29(19-17-23)41(39,40)36(28-14-9-10-24(2)20-28)22-31(37)35(21-26-11-7-8-15-30(26)33)25(3)32(38)34-27-12-5-4-6-13-27/h7-11,14-20,25,27H,4-6,12-13,21-22H2,1-3H3,(H,34,38)/t25-/m0/s1. The number of nitrogens with zero attached hydrogens (tertiary/aromatic N) is 2. The normalized spacial score (nSPS) is 14.7. The van der Waals surface area contributed by atoms with Crippen molar-refractivity contribution in [2.75, 3.05) is 10.8 Å². The number of aryl methyl sites for hydroxylation is 2. The molecule has 1 aliphatic rings. The van der Waals surface area contributed by atoms with Gasteiger partial charge in [0.1, 0.15) is 12.6 Å². The lowest BCUT2D eigenvalue weighted by atomic mass is 9.95. The van der Waals surface area contributed by atoms with E-state index < -0.39 is 28.5 Å². The van der Waals surface area contributed by atoms with Crippen LogP contribution in [0.5, 0.6) is 0 Å². The molecule has 218 valence electrons. The van der Waals surface area contributed by atoms with E-state index in [9.17, 15) is 18.0 Å². The first-order valence-electron chi connectivity index (χ1n) is 14.1. The summed E-state index contributed by atoms with van der Waals surface area (Å²) in [5.74, 6) is -0.769. The Morgan fingerprint density at radius 1 is 0.927 bits per heavy atom. The first-order valence-corrected chi connectivity index (χ1v) is 15.9. The molecule has 1 atom stereocenters. The predicted octanol–water partition coefficient (Wildman–Crippen LogP) is 6.02. The van der Waals surface area contributed by atoms with Gasteiger partial charge in [-0.15, -0.1) is 0 Å². The summed E-state index contributed by atoms with van der Waals surface area (Å²) in [5.41, 5.74) is 2.82. The van der Waals surface area contributed by atoms with E-state index in [2.05, 4.69) is 5.32 Å². The van der Waals surface area contributed by atoms with Gasteiger partial charge in [-0.2, -0.15) is 0 Å². The third kappa shape index (κ3) is 7.68. The van der Waals surface area contributed by atoms with E-state index in [-0.39, 0.29) is 23.4 Å². The Kier molecular flexibility index (Phi) is 10.1. The molecule has 2 amide bonds. The van der Waals surface area contributed by atoms with Crippen LogP contribution in [0.25, 0.3) is 0 Å². The maximum absolute atomic E-state index is 14.1. The average Bonchev–Trinajstić information content (AvgIpc) is 2.95. The van der Waals surface area contributed by atoms with Crippen molar-refractivity contribution in [2.24, 2.45) is 0 Å². The van der Waals surface area contributed by atoms with Crippen molar-refractivity contribution in [3.8, 4) is 0 Å². The van der Waals surface area contributed by atoms with Crippen LogP contribution >= 0.6 is 11.6 Å². The zero-order chi connectivity index (χ0) is 29.6. The molecule has 0 heterocycles. The van der Waals surface area contributed by atoms with Crippen LogP contribution in [-0.4, -0.2) is 43.8 Å². The number of benzene rings is 3. The Balaban J connectivity index is 1.68. The number of carbonyl (C=O) groups is 2. The summed E-state index contributed by atoms with van der Waals surface area (Å²) < 4.78 is 29.0. The van der Waals surface area contributed by atoms with Gasteiger partial charge in [-0.25, -0.2) is 8.42 Å². The Bertz CT molecular complexity index is 1470. The number of hydrogen-bond donors (Lipinski definition) is 1. The second-order valence-electron chi connectivity index (χ2n) is 10.8. The van der Waals surface area contributed by atoms with Gasteiger partial charge >= 0.3 is 0 Å². The molecule has 0 aliphatic heterocycles. The summed E-state index contributed by atoms with van der Waals surface area (Å²) in [6.07, 6.45) is 5.09. The van der Waals surface area contributed by atoms with E-state index in [1.165, 1.54) is 4.90 Å². The Hall–Kier alpha value is -3.36. The van der Waals surface area contributed by atoms with Gasteiger partial charge in [0.15, 0.2) is 0 Å². The van der Waals surface area contributed by atoms with Gasteiger partial charge in [0.25, 0.3) is 10.0 Å². The van der Waals surface area contributed by atoms with Crippen LogP contribution in [0.4, 0.5) is 5.69 Å². The Morgan fingerprint density at radius 2 is 1.61 bits per heavy atom. The summed E-state index contributed by atoms with van der Waals surface area (Å²) in [7, 11) is -4.11. The van der Waals surface area contributed by atoms with Gasteiger partial charge in [0, 0.05) is 17.6 Å². The van der Waals surface area contributed by atoms with Gasteiger partial charge < -0.3 is 10.2 Å². The van der Waals surface area contributed by atoms with Crippen LogP contribution in [0.2, 0.25) is 5.02 Å². The lowest BCUT2D eigenvalue weighted by molar-refractivity contribution is -0.139. The lowest BCUT2D eigenvalue weighted by Crippen LogP contribution is -2.53. The molecule has 0 saturated heterocycles. The maximum atomic E-state index is 14.1. The molecule has 3 aromatic rings. The van der Waals surface area contributed by atoms with Crippen molar-refractivity contribution in [1.29, 1.82) is 0 Å². The van der Waals surface area contributed by atoms with Gasteiger partial charge in [0.2, 0.25) is 11.8 Å². The van der Waals surface area contributed by atoms with Gasteiger partial charge in [0.05, 0.1) is 10.6 Å². The molecule has 4 rings (SSSR count). The van der Waals surface area contributed by atoms with E-state index in [4.69, 9.17) is 11.6 Å². The smallest absolute Gasteiger partial charge is 0.264 e. The van der Waals surface area contributed by atoms with E-state index in [1.807, 2.05) is 26.0 Å². The molecular weight excluding hydrogens is 558 g/mol. The Morgan fingerprint density at radius 3 is 2.27 bits per heavy atom. The average molecular weight is 596 g/mol. The highest BCUT2D eigenvalue weighted by Crippen LogP contribution is 2.26. The summed E-state index contributed by atoms with van der Waals surface area (Å²) >= 11 is 6.45. The van der Waals surface area contributed by atoms with E-state index >= 15 is 0 Å². The summed E-state index contributed by atoms with van der Waals surface area (Å²) in [6.45, 7) is 5.00. The Labute approximate surface area is 248 Å². The van der Waals surface area contributed by atoms with Gasteiger partial charge in [-0.1, -0.05) is 78.9 Å². The molecule has 3 aromatic carbocycles. The molecule has 41 heavy (non-hydrogen) atoms. The number of rotatable bonds is 10. The van der Waals surface area contributed by atoms with Crippen molar-refractivity contribution in [3.63, 3.8) is 0 Å². The summed E-state index contributed by atoms with van der Waals surface area (Å²) in [6, 6.07) is 19.9. The number of halogens is 1. The van der Waals surface area contributed by atoms with Crippen molar-refractivity contribution in [3.05, 3.63) is 94.5 Å². The van der Waals surface area contributed by atoms with Crippen molar-refractivity contribution >= 4 is 39.1 Å². The molecule has 1 saturated carbocycles. The monoisotopic (exact) mass is 595 g/mol. The number of nitrogens with one attached hydrogen (secondary N) is 1. The van der Waals surface area contributed by atoms with Crippen molar-refractivity contribution in [2.45, 2.75) is 76.4 Å². The molecule has 1 fully saturated rings. The molecule has 1 N–H and O–H groups in total. The number of anilines is 1. The molecule has 0 spiro atoms. The number of sulfonamides is 1. The number of amides is 2. The van der Waals surface area contributed by atoms with Crippen LogP contribution < -0.4 is 9.62 Å². The second-order valence-corrected chi connectivity index (χ2v) is 13.1. The zero-order valence-electron chi connectivity index (χ0n) is 23.8. The SMILES string of the molecule is Cc1ccc(S(=O)(=O)N(CC(=O)N(Cc2ccccc2Cl)[C@@H](C)C(=O)NC2CCCCC2)c2cccc(C)c2)cc1. The highest BCUT2D eigenvalue weighted by molar-refractivity contribution is 7.92.